The summed E-state index contributed by atoms with van der Waals surface area (Å²) >= 11 is 0. The van der Waals surface area contributed by atoms with Crippen LogP contribution in [0.3, 0.4) is 0 Å². The van der Waals surface area contributed by atoms with Crippen LogP contribution in [0.2, 0.25) is 0 Å². The van der Waals surface area contributed by atoms with Crippen molar-refractivity contribution < 1.29 is 14.3 Å². The first-order chi connectivity index (χ1) is 8.40. The van der Waals surface area contributed by atoms with Gasteiger partial charge >= 0.3 is 5.97 Å². The highest BCUT2D eigenvalue weighted by Gasteiger charge is 2.20. The predicted molar refractivity (Wildman–Crippen MR) is 66.7 cm³/mol. The number of carboxylic acid groups (broad SMARTS) is 1. The fourth-order valence-electron chi connectivity index (χ4n) is 1.82. The van der Waals surface area contributed by atoms with E-state index in [-0.39, 0.29) is 18.4 Å². The second-order valence-electron chi connectivity index (χ2n) is 4.79. The van der Waals surface area contributed by atoms with Gasteiger partial charge < -0.3 is 5.11 Å². The third-order valence-electron chi connectivity index (χ3n) is 2.66. The highest BCUT2D eigenvalue weighted by atomic mass is 19.1. The highest BCUT2D eigenvalue weighted by Crippen LogP contribution is 2.19. The topological polar surface area (TPSA) is 53.4 Å². The van der Waals surface area contributed by atoms with Crippen molar-refractivity contribution in [1.82, 2.24) is 9.88 Å². The number of pyridine rings is 1. The van der Waals surface area contributed by atoms with Crippen molar-refractivity contribution in [3.63, 3.8) is 0 Å². The summed E-state index contributed by atoms with van der Waals surface area (Å²) in [5.41, 5.74) is 0.679. The van der Waals surface area contributed by atoms with Gasteiger partial charge in [-0.3, -0.25) is 14.7 Å². The number of aliphatic carboxylic acids is 1. The van der Waals surface area contributed by atoms with Gasteiger partial charge in [-0.2, -0.15) is 0 Å². The van der Waals surface area contributed by atoms with Crippen LogP contribution in [0, 0.1) is 11.7 Å². The number of nitrogens with zero attached hydrogens (tertiary/aromatic N) is 2. The lowest BCUT2D eigenvalue weighted by atomic mass is 10.1. The zero-order valence-corrected chi connectivity index (χ0v) is 10.9. The number of carbonyl (C=O) groups is 1. The third kappa shape index (κ3) is 4.41. The molecular formula is C13H19FN2O2. The molecule has 1 rings (SSSR count). The van der Waals surface area contributed by atoms with E-state index in [1.54, 1.807) is 6.07 Å². The van der Waals surface area contributed by atoms with Gasteiger partial charge in [0, 0.05) is 12.6 Å². The lowest BCUT2D eigenvalue weighted by Gasteiger charge is -2.28. The van der Waals surface area contributed by atoms with Gasteiger partial charge in [-0.25, -0.2) is 4.39 Å². The average molecular weight is 254 g/mol. The lowest BCUT2D eigenvalue weighted by Crippen LogP contribution is -2.35. The summed E-state index contributed by atoms with van der Waals surface area (Å²) in [4.78, 5) is 16.7. The Morgan fingerprint density at radius 2 is 2.11 bits per heavy atom. The minimum Gasteiger partial charge on any atom is -0.480 e. The average Bonchev–Trinajstić information content (AvgIpc) is 2.27. The standard InChI is InChI=1S/C13H19FN2O2/c1-9(2)7-16(8-13(17)18)10(3)12-5-4-11(14)6-15-12/h4-6,9-10H,7-8H2,1-3H3,(H,17,18). The van der Waals surface area contributed by atoms with Gasteiger partial charge in [-0.1, -0.05) is 13.8 Å². The molecule has 0 radical (unpaired) electrons. The molecule has 1 heterocycles. The van der Waals surface area contributed by atoms with E-state index in [4.69, 9.17) is 5.11 Å². The second-order valence-corrected chi connectivity index (χ2v) is 4.79. The van der Waals surface area contributed by atoms with E-state index >= 15 is 0 Å². The van der Waals surface area contributed by atoms with Gasteiger partial charge in [-0.15, -0.1) is 0 Å². The molecule has 0 saturated heterocycles. The smallest absolute Gasteiger partial charge is 0.317 e. The number of rotatable bonds is 6. The fourth-order valence-corrected chi connectivity index (χ4v) is 1.82. The van der Waals surface area contributed by atoms with Crippen LogP contribution in [-0.2, 0) is 4.79 Å². The summed E-state index contributed by atoms with van der Waals surface area (Å²) < 4.78 is 12.8. The van der Waals surface area contributed by atoms with Crippen molar-refractivity contribution >= 4 is 5.97 Å². The zero-order valence-electron chi connectivity index (χ0n) is 10.9. The Morgan fingerprint density at radius 1 is 1.44 bits per heavy atom. The lowest BCUT2D eigenvalue weighted by molar-refractivity contribution is -0.139. The first kappa shape index (κ1) is 14.6. The summed E-state index contributed by atoms with van der Waals surface area (Å²) in [5.74, 6) is -0.906. The van der Waals surface area contributed by atoms with E-state index < -0.39 is 5.97 Å². The monoisotopic (exact) mass is 254 g/mol. The zero-order chi connectivity index (χ0) is 13.7. The van der Waals surface area contributed by atoms with Gasteiger partial charge in [-0.05, 0) is 25.0 Å². The Morgan fingerprint density at radius 3 is 2.56 bits per heavy atom. The van der Waals surface area contributed by atoms with Crippen molar-refractivity contribution in [3.8, 4) is 0 Å². The molecule has 1 aromatic rings. The van der Waals surface area contributed by atoms with E-state index in [0.29, 0.717) is 18.2 Å². The van der Waals surface area contributed by atoms with Crippen molar-refractivity contribution in [2.75, 3.05) is 13.1 Å². The first-order valence-corrected chi connectivity index (χ1v) is 5.97. The molecule has 1 aromatic heterocycles. The molecule has 0 fully saturated rings. The molecule has 0 bridgehead atoms. The summed E-state index contributed by atoms with van der Waals surface area (Å²) in [6.07, 6.45) is 1.15. The third-order valence-corrected chi connectivity index (χ3v) is 2.66. The molecule has 100 valence electrons. The van der Waals surface area contributed by atoms with E-state index in [1.807, 2.05) is 25.7 Å². The van der Waals surface area contributed by atoms with Gasteiger partial charge in [0.2, 0.25) is 0 Å². The maximum absolute atomic E-state index is 12.8. The molecule has 0 amide bonds. The quantitative estimate of drug-likeness (QED) is 0.846. The molecule has 0 spiro atoms. The maximum Gasteiger partial charge on any atom is 0.317 e. The number of aromatic nitrogens is 1. The van der Waals surface area contributed by atoms with Crippen LogP contribution in [0.1, 0.15) is 32.5 Å². The normalized spacial score (nSPS) is 13.0. The minimum absolute atomic E-state index is 0.0433. The van der Waals surface area contributed by atoms with Crippen molar-refractivity contribution in [3.05, 3.63) is 29.8 Å². The number of hydrogen-bond acceptors (Lipinski definition) is 3. The van der Waals surface area contributed by atoms with E-state index in [0.717, 1.165) is 6.20 Å². The van der Waals surface area contributed by atoms with Crippen LogP contribution in [0.5, 0.6) is 0 Å². The van der Waals surface area contributed by atoms with Gasteiger partial charge in [0.25, 0.3) is 0 Å². The Balaban J connectivity index is 2.83. The molecule has 0 aliphatic carbocycles. The Bertz CT molecular complexity index is 392. The Kier molecular flexibility index (Phi) is 5.22. The summed E-state index contributed by atoms with van der Waals surface area (Å²) in [7, 11) is 0. The minimum atomic E-state index is -0.871. The van der Waals surface area contributed by atoms with Gasteiger partial charge in [0.15, 0.2) is 0 Å². The molecule has 4 nitrogen and oxygen atoms in total. The number of carboxylic acids is 1. The Labute approximate surface area is 106 Å². The van der Waals surface area contributed by atoms with Crippen molar-refractivity contribution in [2.45, 2.75) is 26.8 Å². The van der Waals surface area contributed by atoms with Crippen LogP contribution in [0.15, 0.2) is 18.3 Å². The Hall–Kier alpha value is -1.49. The largest absolute Gasteiger partial charge is 0.480 e. The molecule has 0 saturated carbocycles. The van der Waals surface area contributed by atoms with E-state index in [2.05, 4.69) is 4.98 Å². The molecule has 1 unspecified atom stereocenters. The van der Waals surface area contributed by atoms with Crippen LogP contribution >= 0.6 is 0 Å². The van der Waals surface area contributed by atoms with Gasteiger partial charge in [0.1, 0.15) is 5.82 Å². The first-order valence-electron chi connectivity index (χ1n) is 5.97. The molecule has 0 aliphatic rings. The maximum atomic E-state index is 12.8. The number of halogens is 1. The second kappa shape index (κ2) is 6.44. The van der Waals surface area contributed by atoms with Crippen molar-refractivity contribution in [1.29, 1.82) is 0 Å². The summed E-state index contributed by atoms with van der Waals surface area (Å²) in [6.45, 7) is 6.55. The van der Waals surface area contributed by atoms with Crippen molar-refractivity contribution in [2.24, 2.45) is 5.92 Å². The highest BCUT2D eigenvalue weighted by molar-refractivity contribution is 5.69. The molecule has 18 heavy (non-hydrogen) atoms. The number of hydrogen-bond donors (Lipinski definition) is 1. The molecule has 1 atom stereocenters. The molecule has 1 N–H and O–H groups in total. The SMILES string of the molecule is CC(C)CN(CC(=O)O)C(C)c1ccc(F)cn1. The summed E-state index contributed by atoms with van der Waals surface area (Å²) in [5, 5.41) is 8.91. The van der Waals surface area contributed by atoms with Crippen LogP contribution < -0.4 is 0 Å². The van der Waals surface area contributed by atoms with E-state index in [9.17, 15) is 9.18 Å². The summed E-state index contributed by atoms with van der Waals surface area (Å²) in [6, 6.07) is 2.78. The fraction of sp³-hybridized carbons (Fsp3) is 0.538. The molecular weight excluding hydrogens is 235 g/mol. The van der Waals surface area contributed by atoms with Crippen LogP contribution in [-0.4, -0.2) is 34.0 Å². The predicted octanol–water partition coefficient (Wildman–Crippen LogP) is 2.32. The van der Waals surface area contributed by atoms with E-state index in [1.165, 1.54) is 6.07 Å². The molecule has 0 aromatic carbocycles. The molecule has 0 aliphatic heterocycles. The van der Waals surface area contributed by atoms with Crippen LogP contribution in [0.25, 0.3) is 0 Å². The van der Waals surface area contributed by atoms with Gasteiger partial charge in [0.05, 0.1) is 18.4 Å². The molecule has 5 heteroatoms. The van der Waals surface area contributed by atoms with Crippen LogP contribution in [0.4, 0.5) is 4.39 Å².